The Hall–Kier alpha value is -4.44. The van der Waals surface area contributed by atoms with Gasteiger partial charge in [0.05, 0.1) is 17.2 Å². The number of hydrogen-bond acceptors (Lipinski definition) is 4. The summed E-state index contributed by atoms with van der Waals surface area (Å²) in [6.45, 7) is 5.99. The molecule has 0 aliphatic carbocycles. The number of para-hydroxylation sites is 1. The summed E-state index contributed by atoms with van der Waals surface area (Å²) in [5.41, 5.74) is 7.96. The van der Waals surface area contributed by atoms with E-state index in [1.165, 1.54) is 12.1 Å². The van der Waals surface area contributed by atoms with E-state index in [1.54, 1.807) is 24.7 Å². The number of halogens is 3. The van der Waals surface area contributed by atoms with E-state index >= 15 is 0 Å². The fraction of sp³-hybridized carbons (Fsp3) is 0.138. The number of ether oxygens (including phenoxy) is 1. The van der Waals surface area contributed by atoms with Gasteiger partial charge in [-0.15, -0.1) is 13.2 Å². The van der Waals surface area contributed by atoms with E-state index in [4.69, 9.17) is 12.2 Å². The van der Waals surface area contributed by atoms with Gasteiger partial charge in [0.15, 0.2) is 5.11 Å². The van der Waals surface area contributed by atoms with Gasteiger partial charge in [-0.1, -0.05) is 50.2 Å². The lowest BCUT2D eigenvalue weighted by molar-refractivity contribution is -0.274. The van der Waals surface area contributed by atoms with Crippen LogP contribution in [-0.2, 0) is 0 Å². The highest BCUT2D eigenvalue weighted by atomic mass is 32.1. The second-order valence-electron chi connectivity index (χ2n) is 8.21. The highest BCUT2D eigenvalue weighted by Crippen LogP contribution is 2.28. The molecular weight excluding hydrogens is 523 g/mol. The molecule has 0 saturated heterocycles. The van der Waals surface area contributed by atoms with Crippen LogP contribution in [0.5, 0.6) is 5.75 Å². The van der Waals surface area contributed by atoms with Crippen molar-refractivity contribution >= 4 is 51.0 Å². The van der Waals surface area contributed by atoms with E-state index in [2.05, 4.69) is 25.6 Å². The highest BCUT2D eigenvalue weighted by molar-refractivity contribution is 7.80. The number of hydrazone groups is 1. The number of aryl methyl sites for hydroxylation is 1. The van der Waals surface area contributed by atoms with Gasteiger partial charge in [0, 0.05) is 16.8 Å². The summed E-state index contributed by atoms with van der Waals surface area (Å²) in [6.07, 6.45) is -1.41. The first-order chi connectivity index (χ1) is 18.8. The number of nitrogens with one attached hydrogen (secondary N) is 2. The zero-order valence-electron chi connectivity index (χ0n) is 21.5. The molecular formula is C29H26F3N5OS. The van der Waals surface area contributed by atoms with Crippen LogP contribution in [0.3, 0.4) is 0 Å². The van der Waals surface area contributed by atoms with Crippen molar-refractivity contribution in [2.45, 2.75) is 27.1 Å². The van der Waals surface area contributed by atoms with Gasteiger partial charge in [-0.2, -0.15) is 5.10 Å². The molecule has 0 aliphatic heterocycles. The molecule has 0 radical (unpaired) electrons. The first-order valence-corrected chi connectivity index (χ1v) is 12.6. The van der Waals surface area contributed by atoms with E-state index in [9.17, 15) is 13.2 Å². The van der Waals surface area contributed by atoms with E-state index < -0.39 is 6.36 Å². The summed E-state index contributed by atoms with van der Waals surface area (Å²) in [4.78, 5) is 4.55. The van der Waals surface area contributed by atoms with E-state index in [0.717, 1.165) is 38.6 Å². The van der Waals surface area contributed by atoms with Crippen LogP contribution in [0.25, 0.3) is 27.5 Å². The van der Waals surface area contributed by atoms with Gasteiger partial charge in [-0.05, 0) is 78.1 Å². The Morgan fingerprint density at radius 1 is 1.00 bits per heavy atom. The van der Waals surface area contributed by atoms with Crippen LogP contribution in [0.15, 0.2) is 90.3 Å². The zero-order valence-corrected chi connectivity index (χ0v) is 22.3. The summed E-state index contributed by atoms with van der Waals surface area (Å²) < 4.78 is 43.1. The molecule has 0 fully saturated rings. The van der Waals surface area contributed by atoms with Crippen molar-refractivity contribution < 1.29 is 17.9 Å². The number of alkyl halides is 3. The van der Waals surface area contributed by atoms with Crippen LogP contribution in [0.1, 0.15) is 25.0 Å². The average molecular weight is 550 g/mol. The smallest absolute Gasteiger partial charge is 0.406 e. The number of fused-ring (bicyclic) bond motifs is 3. The Labute approximate surface area is 229 Å². The molecule has 6 nitrogen and oxygen atoms in total. The standard InChI is InChI=1S/C27H20F3N5OS.C2H6/c1-17-4-2-3-5-23(17)33-26(37)34-32-15-18-6-12-22-19(14-18)7-13-24-25(22)31-16-35(24)20-8-10-21(11-9-20)36-27(28,29)30;1-2/h2-16H,1H3,(H2,33,34,37);1-2H3/b32-15+;. The second-order valence-corrected chi connectivity index (χ2v) is 8.62. The number of thiocarbonyl (C=S) groups is 1. The van der Waals surface area contributed by atoms with E-state index in [0.29, 0.717) is 10.8 Å². The summed E-state index contributed by atoms with van der Waals surface area (Å²) in [5.74, 6) is -0.276. The first kappa shape index (κ1) is 27.6. The zero-order chi connectivity index (χ0) is 28.0. The molecule has 0 bridgehead atoms. The van der Waals surface area contributed by atoms with Crippen molar-refractivity contribution in [1.82, 2.24) is 15.0 Å². The maximum atomic E-state index is 12.4. The first-order valence-electron chi connectivity index (χ1n) is 12.2. The molecule has 1 aromatic heterocycles. The van der Waals surface area contributed by atoms with Gasteiger partial charge >= 0.3 is 6.36 Å². The van der Waals surface area contributed by atoms with Crippen LogP contribution in [-0.4, -0.2) is 27.2 Å². The number of imidazole rings is 1. The largest absolute Gasteiger partial charge is 0.573 e. The summed E-state index contributed by atoms with van der Waals surface area (Å²) in [7, 11) is 0. The number of hydrogen-bond donors (Lipinski definition) is 2. The number of aromatic nitrogens is 2. The third-order valence-electron chi connectivity index (χ3n) is 5.68. The monoisotopic (exact) mass is 549 g/mol. The van der Waals surface area contributed by atoms with Crippen molar-refractivity contribution in [2.24, 2.45) is 5.10 Å². The van der Waals surface area contributed by atoms with Crippen molar-refractivity contribution in [3.8, 4) is 11.4 Å². The summed E-state index contributed by atoms with van der Waals surface area (Å²) in [6, 6.07) is 23.2. The lowest BCUT2D eigenvalue weighted by Crippen LogP contribution is -2.24. The number of nitrogens with zero attached hydrogens (tertiary/aromatic N) is 3. The molecule has 0 amide bonds. The molecule has 0 unspecified atom stereocenters. The Balaban J connectivity index is 0.00000172. The summed E-state index contributed by atoms with van der Waals surface area (Å²) >= 11 is 5.31. The number of rotatable bonds is 5. The SMILES string of the molecule is CC.Cc1ccccc1NC(=S)N/N=C/c1ccc2c(ccc3c2ncn3-c2ccc(OC(F)(F)F)cc2)c1. The predicted molar refractivity (Wildman–Crippen MR) is 155 cm³/mol. The van der Waals surface area contributed by atoms with Gasteiger partial charge in [-0.25, -0.2) is 4.98 Å². The van der Waals surface area contributed by atoms with Crippen LogP contribution >= 0.6 is 12.2 Å². The summed E-state index contributed by atoms with van der Waals surface area (Å²) in [5, 5.41) is 9.64. The molecule has 1 heterocycles. The van der Waals surface area contributed by atoms with Crippen LogP contribution in [0, 0.1) is 6.92 Å². The molecule has 5 aromatic rings. The van der Waals surface area contributed by atoms with Crippen LogP contribution in [0.4, 0.5) is 18.9 Å². The van der Waals surface area contributed by atoms with Gasteiger partial charge in [0.2, 0.25) is 0 Å². The van der Waals surface area contributed by atoms with Crippen molar-refractivity contribution in [3.05, 3.63) is 96.3 Å². The maximum Gasteiger partial charge on any atom is 0.573 e. The third-order valence-corrected chi connectivity index (χ3v) is 5.87. The van der Waals surface area contributed by atoms with Crippen molar-refractivity contribution in [2.75, 3.05) is 5.32 Å². The Morgan fingerprint density at radius 2 is 1.74 bits per heavy atom. The molecule has 5 rings (SSSR count). The fourth-order valence-corrected chi connectivity index (χ4v) is 4.11. The molecule has 0 aliphatic rings. The molecule has 0 spiro atoms. The molecule has 4 aromatic carbocycles. The van der Waals surface area contributed by atoms with Crippen LogP contribution < -0.4 is 15.5 Å². The topological polar surface area (TPSA) is 63.5 Å². The molecule has 10 heteroatoms. The van der Waals surface area contributed by atoms with Gasteiger partial charge in [-0.3, -0.25) is 9.99 Å². The maximum absolute atomic E-state index is 12.4. The van der Waals surface area contributed by atoms with Gasteiger partial charge < -0.3 is 10.1 Å². The average Bonchev–Trinajstić information content (AvgIpc) is 3.35. The minimum atomic E-state index is -4.73. The normalized spacial score (nSPS) is 11.3. The van der Waals surface area contributed by atoms with Crippen LogP contribution in [0.2, 0.25) is 0 Å². The molecule has 200 valence electrons. The van der Waals surface area contributed by atoms with Crippen molar-refractivity contribution in [3.63, 3.8) is 0 Å². The van der Waals surface area contributed by atoms with E-state index in [-0.39, 0.29) is 5.75 Å². The Bertz CT molecular complexity index is 1630. The third kappa shape index (κ3) is 6.71. The lowest BCUT2D eigenvalue weighted by atomic mass is 10.1. The minimum Gasteiger partial charge on any atom is -0.406 e. The number of benzene rings is 4. The fourth-order valence-electron chi connectivity index (χ4n) is 3.95. The van der Waals surface area contributed by atoms with Gasteiger partial charge in [0.25, 0.3) is 0 Å². The molecule has 2 N–H and O–H groups in total. The molecule has 0 saturated carbocycles. The quantitative estimate of drug-likeness (QED) is 0.133. The van der Waals surface area contributed by atoms with Crippen molar-refractivity contribution in [1.29, 1.82) is 0 Å². The highest BCUT2D eigenvalue weighted by Gasteiger charge is 2.31. The van der Waals surface area contributed by atoms with Gasteiger partial charge in [0.1, 0.15) is 12.1 Å². The van der Waals surface area contributed by atoms with E-state index in [1.807, 2.05) is 79.9 Å². The lowest BCUT2D eigenvalue weighted by Gasteiger charge is -2.10. The number of anilines is 1. The minimum absolute atomic E-state index is 0.276. The predicted octanol–water partition coefficient (Wildman–Crippen LogP) is 7.73. The Kier molecular flexibility index (Phi) is 8.46. The molecule has 39 heavy (non-hydrogen) atoms. The Morgan fingerprint density at radius 3 is 2.46 bits per heavy atom. The second kappa shape index (κ2) is 12.0. The molecule has 0 atom stereocenters.